The number of carbonyl (C=O) groups excluding carboxylic acids is 1. The van der Waals surface area contributed by atoms with Crippen molar-refractivity contribution in [3.8, 4) is 0 Å². The zero-order valence-corrected chi connectivity index (χ0v) is 12.2. The van der Waals surface area contributed by atoms with E-state index in [4.69, 9.17) is 4.74 Å². The Kier molecular flexibility index (Phi) is 3.97. The lowest BCUT2D eigenvalue weighted by Crippen LogP contribution is -2.41. The number of ether oxygens (including phenoxy) is 1. The molecule has 0 saturated carbocycles. The summed E-state index contributed by atoms with van der Waals surface area (Å²) in [5.41, 5.74) is 0. The molecule has 0 aromatic carbocycles. The summed E-state index contributed by atoms with van der Waals surface area (Å²) in [6.07, 6.45) is 0. The largest absolute Gasteiger partial charge is 0.379 e. The lowest BCUT2D eigenvalue weighted by Gasteiger charge is -2.27. The molecule has 0 radical (unpaired) electrons. The van der Waals surface area contributed by atoms with E-state index in [0.29, 0.717) is 18.0 Å². The SMILES string of the molecule is CC(C)N(C)C(=O)C1CN(C(C)C)C2COCC12. The van der Waals surface area contributed by atoms with Crippen molar-refractivity contribution in [1.29, 1.82) is 0 Å². The summed E-state index contributed by atoms with van der Waals surface area (Å²) in [5.74, 6) is 0.794. The predicted molar refractivity (Wildman–Crippen MR) is 71.3 cm³/mol. The van der Waals surface area contributed by atoms with E-state index in [1.54, 1.807) is 0 Å². The van der Waals surface area contributed by atoms with Gasteiger partial charge in [0.05, 0.1) is 19.1 Å². The molecule has 0 bridgehead atoms. The van der Waals surface area contributed by atoms with Crippen molar-refractivity contribution in [3.63, 3.8) is 0 Å². The molecule has 4 heteroatoms. The lowest BCUT2D eigenvalue weighted by molar-refractivity contribution is -0.136. The molecule has 2 rings (SSSR count). The van der Waals surface area contributed by atoms with Gasteiger partial charge in [0.15, 0.2) is 0 Å². The van der Waals surface area contributed by atoms with Gasteiger partial charge in [-0.05, 0) is 27.7 Å². The van der Waals surface area contributed by atoms with Crippen molar-refractivity contribution >= 4 is 5.91 Å². The number of carbonyl (C=O) groups is 1. The smallest absolute Gasteiger partial charge is 0.227 e. The summed E-state index contributed by atoms with van der Waals surface area (Å²) in [5, 5.41) is 0. The fraction of sp³-hybridized carbons (Fsp3) is 0.929. The van der Waals surface area contributed by atoms with Crippen molar-refractivity contribution in [2.75, 3.05) is 26.8 Å². The predicted octanol–water partition coefficient (Wildman–Crippen LogP) is 1.21. The van der Waals surface area contributed by atoms with E-state index < -0.39 is 0 Å². The summed E-state index contributed by atoms with van der Waals surface area (Å²) in [6, 6.07) is 1.20. The second-order valence-corrected chi connectivity index (χ2v) is 6.21. The Morgan fingerprint density at radius 3 is 2.50 bits per heavy atom. The first-order chi connectivity index (χ1) is 8.43. The molecular formula is C14H26N2O2. The standard InChI is InChI=1S/C14H26N2O2/c1-9(2)15(5)14(17)11-6-16(10(3)4)13-8-18-7-12(11)13/h9-13H,6-8H2,1-5H3. The van der Waals surface area contributed by atoms with Crippen molar-refractivity contribution in [3.05, 3.63) is 0 Å². The molecule has 0 aliphatic carbocycles. The van der Waals surface area contributed by atoms with Crippen LogP contribution >= 0.6 is 0 Å². The highest BCUT2D eigenvalue weighted by molar-refractivity contribution is 5.80. The molecule has 0 N–H and O–H groups in total. The number of nitrogens with zero attached hydrogens (tertiary/aromatic N) is 2. The van der Waals surface area contributed by atoms with E-state index in [9.17, 15) is 4.79 Å². The van der Waals surface area contributed by atoms with Crippen molar-refractivity contribution in [2.24, 2.45) is 11.8 Å². The highest BCUT2D eigenvalue weighted by Crippen LogP contribution is 2.36. The van der Waals surface area contributed by atoms with Crippen LogP contribution < -0.4 is 0 Å². The number of amides is 1. The average molecular weight is 254 g/mol. The molecular weight excluding hydrogens is 228 g/mol. The first kappa shape index (κ1) is 13.8. The Morgan fingerprint density at radius 1 is 1.28 bits per heavy atom. The molecule has 2 heterocycles. The van der Waals surface area contributed by atoms with Gasteiger partial charge >= 0.3 is 0 Å². The van der Waals surface area contributed by atoms with Gasteiger partial charge in [-0.15, -0.1) is 0 Å². The number of hydrogen-bond donors (Lipinski definition) is 0. The molecule has 0 spiro atoms. The van der Waals surface area contributed by atoms with Crippen LogP contribution in [0.4, 0.5) is 0 Å². The van der Waals surface area contributed by atoms with Crippen LogP contribution in [0.25, 0.3) is 0 Å². The van der Waals surface area contributed by atoms with Gasteiger partial charge in [0.2, 0.25) is 5.91 Å². The van der Waals surface area contributed by atoms with Crippen LogP contribution in [-0.2, 0) is 9.53 Å². The van der Waals surface area contributed by atoms with Gasteiger partial charge in [-0.3, -0.25) is 9.69 Å². The number of hydrogen-bond acceptors (Lipinski definition) is 3. The molecule has 4 nitrogen and oxygen atoms in total. The third-order valence-electron chi connectivity index (χ3n) is 4.55. The van der Waals surface area contributed by atoms with Crippen molar-refractivity contribution < 1.29 is 9.53 Å². The van der Waals surface area contributed by atoms with E-state index in [-0.39, 0.29) is 17.9 Å². The molecule has 3 unspecified atom stereocenters. The highest BCUT2D eigenvalue weighted by Gasteiger charge is 2.49. The lowest BCUT2D eigenvalue weighted by atomic mass is 9.92. The van der Waals surface area contributed by atoms with E-state index in [1.807, 2.05) is 11.9 Å². The monoisotopic (exact) mass is 254 g/mol. The zero-order chi connectivity index (χ0) is 13.4. The Bertz CT molecular complexity index is 317. The van der Waals surface area contributed by atoms with Crippen LogP contribution in [0.15, 0.2) is 0 Å². The molecule has 2 aliphatic rings. The fourth-order valence-corrected chi connectivity index (χ4v) is 3.15. The van der Waals surface area contributed by atoms with Crippen LogP contribution in [-0.4, -0.2) is 60.6 Å². The molecule has 2 fully saturated rings. The second-order valence-electron chi connectivity index (χ2n) is 6.21. The quantitative estimate of drug-likeness (QED) is 0.759. The van der Waals surface area contributed by atoms with Gasteiger partial charge in [0.25, 0.3) is 0 Å². The minimum Gasteiger partial charge on any atom is -0.379 e. The average Bonchev–Trinajstić information content (AvgIpc) is 2.86. The van der Waals surface area contributed by atoms with Gasteiger partial charge in [0, 0.05) is 37.6 Å². The fourth-order valence-electron chi connectivity index (χ4n) is 3.15. The Morgan fingerprint density at radius 2 is 1.94 bits per heavy atom. The molecule has 2 aliphatic heterocycles. The summed E-state index contributed by atoms with van der Waals surface area (Å²) in [7, 11) is 1.91. The summed E-state index contributed by atoms with van der Waals surface area (Å²) in [6.45, 7) is 11.0. The van der Waals surface area contributed by atoms with Crippen LogP contribution in [0.1, 0.15) is 27.7 Å². The summed E-state index contributed by atoms with van der Waals surface area (Å²) >= 11 is 0. The minimum absolute atomic E-state index is 0.118. The molecule has 0 aromatic rings. The maximum Gasteiger partial charge on any atom is 0.227 e. The first-order valence-corrected chi connectivity index (χ1v) is 7.03. The van der Waals surface area contributed by atoms with Crippen LogP contribution in [0.5, 0.6) is 0 Å². The summed E-state index contributed by atoms with van der Waals surface area (Å²) in [4.78, 5) is 16.9. The Labute approximate surface area is 110 Å². The molecule has 3 atom stereocenters. The maximum absolute atomic E-state index is 12.5. The van der Waals surface area contributed by atoms with E-state index in [0.717, 1.165) is 19.8 Å². The van der Waals surface area contributed by atoms with Gasteiger partial charge in [-0.25, -0.2) is 0 Å². The number of rotatable bonds is 3. The van der Waals surface area contributed by atoms with E-state index >= 15 is 0 Å². The van der Waals surface area contributed by atoms with Gasteiger partial charge in [-0.2, -0.15) is 0 Å². The molecule has 0 aromatic heterocycles. The second kappa shape index (κ2) is 5.17. The van der Waals surface area contributed by atoms with E-state index in [2.05, 4.69) is 32.6 Å². The number of fused-ring (bicyclic) bond motifs is 1. The first-order valence-electron chi connectivity index (χ1n) is 7.03. The van der Waals surface area contributed by atoms with Crippen LogP contribution in [0.3, 0.4) is 0 Å². The maximum atomic E-state index is 12.5. The Hall–Kier alpha value is -0.610. The van der Waals surface area contributed by atoms with Gasteiger partial charge in [0.1, 0.15) is 0 Å². The van der Waals surface area contributed by atoms with Gasteiger partial charge < -0.3 is 9.64 Å². The molecule has 2 saturated heterocycles. The van der Waals surface area contributed by atoms with Crippen LogP contribution in [0, 0.1) is 11.8 Å². The summed E-state index contributed by atoms with van der Waals surface area (Å²) < 4.78 is 5.60. The topological polar surface area (TPSA) is 32.8 Å². The molecule has 104 valence electrons. The highest BCUT2D eigenvalue weighted by atomic mass is 16.5. The third kappa shape index (κ3) is 2.28. The Balaban J connectivity index is 2.12. The number of likely N-dealkylation sites (tertiary alicyclic amines) is 1. The zero-order valence-electron chi connectivity index (χ0n) is 12.2. The van der Waals surface area contributed by atoms with E-state index in [1.165, 1.54) is 0 Å². The molecule has 1 amide bonds. The normalized spacial score (nSPS) is 32.3. The molecule has 18 heavy (non-hydrogen) atoms. The third-order valence-corrected chi connectivity index (χ3v) is 4.55. The van der Waals surface area contributed by atoms with Gasteiger partial charge in [-0.1, -0.05) is 0 Å². The van der Waals surface area contributed by atoms with Crippen molar-refractivity contribution in [2.45, 2.75) is 45.8 Å². The van der Waals surface area contributed by atoms with Crippen molar-refractivity contribution in [1.82, 2.24) is 9.80 Å². The van der Waals surface area contributed by atoms with Crippen LogP contribution in [0.2, 0.25) is 0 Å². The minimum atomic E-state index is 0.118.